The van der Waals surface area contributed by atoms with Gasteiger partial charge in [0.2, 0.25) is 11.0 Å². The van der Waals surface area contributed by atoms with Crippen LogP contribution in [0.3, 0.4) is 0 Å². The van der Waals surface area contributed by atoms with Crippen molar-refractivity contribution in [2.45, 2.75) is 12.5 Å². The van der Waals surface area contributed by atoms with E-state index in [1.165, 1.54) is 17.0 Å². The fraction of sp³-hybridized carbons (Fsp3) is 0.120. The molecule has 1 unspecified atom stereocenters. The van der Waals surface area contributed by atoms with Gasteiger partial charge in [0.25, 0.3) is 11.8 Å². The van der Waals surface area contributed by atoms with E-state index in [9.17, 15) is 14.4 Å². The summed E-state index contributed by atoms with van der Waals surface area (Å²) in [5, 5.41) is 4.54. The molecule has 1 atom stereocenters. The van der Waals surface area contributed by atoms with Crippen molar-refractivity contribution in [3.63, 3.8) is 0 Å². The Hall–Kier alpha value is -3.47. The molecular weight excluding hydrogens is 568 g/mol. The number of methoxy groups -OCH3 is 1. The lowest BCUT2D eigenvalue weighted by Crippen LogP contribution is -2.49. The highest BCUT2D eigenvalue weighted by Crippen LogP contribution is 2.28. The summed E-state index contributed by atoms with van der Waals surface area (Å²) in [6.45, 7) is 0. The maximum atomic E-state index is 13.5. The number of benzene rings is 3. The van der Waals surface area contributed by atoms with Gasteiger partial charge in [-0.3, -0.25) is 24.7 Å². The number of hydrazine groups is 1. The van der Waals surface area contributed by atoms with Crippen LogP contribution in [0.15, 0.2) is 77.3 Å². The van der Waals surface area contributed by atoms with Gasteiger partial charge < -0.3 is 10.1 Å². The SMILES string of the molecule is COc1cccc(NC(=O)CC2C(=O)N(c3ccc(Cl)cc3)C(=S)N2NC(=O)c2ccc(Br)cc2)c1. The van der Waals surface area contributed by atoms with Gasteiger partial charge in [0.1, 0.15) is 11.8 Å². The summed E-state index contributed by atoms with van der Waals surface area (Å²) in [6, 6.07) is 19.0. The number of hydrogen-bond acceptors (Lipinski definition) is 5. The van der Waals surface area contributed by atoms with Crippen molar-refractivity contribution in [3.8, 4) is 5.75 Å². The Labute approximate surface area is 226 Å². The summed E-state index contributed by atoms with van der Waals surface area (Å²) in [4.78, 5) is 40.6. The lowest BCUT2D eigenvalue weighted by molar-refractivity contribution is -0.124. The standard InChI is InChI=1S/C25H20BrClN4O4S/c1-35-20-4-2-3-18(13-20)28-22(32)14-21-24(34)30(19-11-9-17(27)10-12-19)25(36)31(21)29-23(33)15-5-7-16(26)8-6-15/h2-13,21H,14H2,1H3,(H,28,32)(H,29,33). The first-order chi connectivity index (χ1) is 17.3. The number of nitrogens with one attached hydrogen (secondary N) is 2. The lowest BCUT2D eigenvalue weighted by atomic mass is 10.1. The van der Waals surface area contributed by atoms with E-state index in [4.69, 9.17) is 28.6 Å². The van der Waals surface area contributed by atoms with E-state index in [1.54, 1.807) is 72.8 Å². The largest absolute Gasteiger partial charge is 0.497 e. The third-order valence-corrected chi connectivity index (χ3v) is 6.52. The minimum Gasteiger partial charge on any atom is -0.497 e. The van der Waals surface area contributed by atoms with Gasteiger partial charge in [0, 0.05) is 26.8 Å². The van der Waals surface area contributed by atoms with E-state index in [0.29, 0.717) is 27.7 Å². The van der Waals surface area contributed by atoms with E-state index >= 15 is 0 Å². The quantitative estimate of drug-likeness (QED) is 0.387. The predicted molar refractivity (Wildman–Crippen MR) is 145 cm³/mol. The Morgan fingerprint density at radius 3 is 2.44 bits per heavy atom. The van der Waals surface area contributed by atoms with Crippen LogP contribution in [-0.4, -0.2) is 41.0 Å². The Morgan fingerprint density at radius 1 is 1.08 bits per heavy atom. The smallest absolute Gasteiger partial charge is 0.269 e. The molecule has 11 heteroatoms. The number of hydrogen-bond donors (Lipinski definition) is 2. The number of thiocarbonyl (C=S) groups is 1. The van der Waals surface area contributed by atoms with Crippen molar-refractivity contribution in [2.75, 3.05) is 17.3 Å². The van der Waals surface area contributed by atoms with Crippen LogP contribution in [-0.2, 0) is 9.59 Å². The molecule has 36 heavy (non-hydrogen) atoms. The fourth-order valence-electron chi connectivity index (χ4n) is 3.59. The monoisotopic (exact) mass is 586 g/mol. The van der Waals surface area contributed by atoms with Crippen LogP contribution >= 0.6 is 39.7 Å². The zero-order valence-electron chi connectivity index (χ0n) is 18.9. The molecule has 3 aromatic carbocycles. The van der Waals surface area contributed by atoms with Crippen molar-refractivity contribution >= 4 is 74.0 Å². The third-order valence-electron chi connectivity index (χ3n) is 5.36. The van der Waals surface area contributed by atoms with Gasteiger partial charge in [-0.1, -0.05) is 33.6 Å². The molecule has 1 heterocycles. The summed E-state index contributed by atoms with van der Waals surface area (Å²) in [7, 11) is 1.52. The molecule has 0 radical (unpaired) electrons. The van der Waals surface area contributed by atoms with Gasteiger partial charge in [-0.25, -0.2) is 5.01 Å². The maximum Gasteiger partial charge on any atom is 0.269 e. The Balaban J connectivity index is 1.59. The molecule has 0 aliphatic carbocycles. The minimum absolute atomic E-state index is 0.0342. The first-order valence-electron chi connectivity index (χ1n) is 10.7. The first-order valence-corrected chi connectivity index (χ1v) is 12.3. The lowest BCUT2D eigenvalue weighted by Gasteiger charge is -2.24. The molecule has 1 aliphatic heterocycles. The van der Waals surface area contributed by atoms with E-state index in [2.05, 4.69) is 26.7 Å². The van der Waals surface area contributed by atoms with Crippen molar-refractivity contribution in [1.29, 1.82) is 0 Å². The Bertz CT molecular complexity index is 1320. The highest BCUT2D eigenvalue weighted by molar-refractivity contribution is 9.10. The molecule has 3 amide bonds. The van der Waals surface area contributed by atoms with Crippen LogP contribution < -0.4 is 20.4 Å². The second kappa shape index (κ2) is 11.1. The molecule has 1 saturated heterocycles. The fourth-order valence-corrected chi connectivity index (χ4v) is 4.35. The zero-order chi connectivity index (χ0) is 25.8. The summed E-state index contributed by atoms with van der Waals surface area (Å²) in [5.41, 5.74) is 4.02. The van der Waals surface area contributed by atoms with Crippen LogP contribution in [0.4, 0.5) is 11.4 Å². The highest BCUT2D eigenvalue weighted by Gasteiger charge is 2.45. The summed E-state index contributed by atoms with van der Waals surface area (Å²) >= 11 is 14.9. The third kappa shape index (κ3) is 5.67. The van der Waals surface area contributed by atoms with Gasteiger partial charge in [0.15, 0.2) is 0 Å². The number of carbonyl (C=O) groups excluding carboxylic acids is 3. The van der Waals surface area contributed by atoms with Gasteiger partial charge in [0.05, 0.1) is 19.2 Å². The van der Waals surface area contributed by atoms with E-state index in [0.717, 1.165) is 4.47 Å². The first kappa shape index (κ1) is 25.6. The second-order valence-electron chi connectivity index (χ2n) is 7.75. The minimum atomic E-state index is -1.07. The molecule has 8 nitrogen and oxygen atoms in total. The molecule has 1 fully saturated rings. The molecule has 0 bridgehead atoms. The van der Waals surface area contributed by atoms with Crippen molar-refractivity contribution < 1.29 is 19.1 Å². The second-order valence-corrected chi connectivity index (χ2v) is 9.47. The van der Waals surface area contributed by atoms with Gasteiger partial charge in [-0.05, 0) is 72.9 Å². The average Bonchev–Trinajstić information content (AvgIpc) is 3.09. The predicted octanol–water partition coefficient (Wildman–Crippen LogP) is 4.79. The highest BCUT2D eigenvalue weighted by atomic mass is 79.9. The number of rotatable bonds is 7. The van der Waals surface area contributed by atoms with Crippen LogP contribution in [0, 0.1) is 0 Å². The molecule has 0 aromatic heterocycles. The zero-order valence-corrected chi connectivity index (χ0v) is 22.1. The summed E-state index contributed by atoms with van der Waals surface area (Å²) < 4.78 is 6.00. The molecule has 0 spiro atoms. The number of carbonyl (C=O) groups is 3. The topological polar surface area (TPSA) is 91.0 Å². The Morgan fingerprint density at radius 2 is 1.78 bits per heavy atom. The molecule has 0 saturated carbocycles. The molecule has 4 rings (SSSR count). The van der Waals surface area contributed by atoms with Crippen molar-refractivity contribution in [2.24, 2.45) is 0 Å². The maximum absolute atomic E-state index is 13.5. The number of nitrogens with zero attached hydrogens (tertiary/aromatic N) is 2. The molecule has 2 N–H and O–H groups in total. The molecule has 184 valence electrons. The molecular formula is C25H20BrClN4O4S. The molecule has 3 aromatic rings. The Kier molecular flexibility index (Phi) is 7.88. The van der Waals surface area contributed by atoms with Crippen LogP contribution in [0.25, 0.3) is 0 Å². The van der Waals surface area contributed by atoms with Gasteiger partial charge in [-0.2, -0.15) is 0 Å². The van der Waals surface area contributed by atoms with Crippen LogP contribution in [0.1, 0.15) is 16.8 Å². The van der Waals surface area contributed by atoms with Crippen LogP contribution in [0.5, 0.6) is 5.75 Å². The average molecular weight is 588 g/mol. The van der Waals surface area contributed by atoms with Crippen LogP contribution in [0.2, 0.25) is 5.02 Å². The normalized spacial score (nSPS) is 15.1. The van der Waals surface area contributed by atoms with E-state index in [-0.39, 0.29) is 11.5 Å². The molecule has 1 aliphatic rings. The number of halogens is 2. The van der Waals surface area contributed by atoms with Gasteiger partial charge in [-0.15, -0.1) is 0 Å². The summed E-state index contributed by atoms with van der Waals surface area (Å²) in [6.07, 6.45) is -0.263. The summed E-state index contributed by atoms with van der Waals surface area (Å²) in [5.74, 6) is -0.804. The number of anilines is 2. The van der Waals surface area contributed by atoms with Crippen molar-refractivity contribution in [3.05, 3.63) is 87.9 Å². The van der Waals surface area contributed by atoms with E-state index < -0.39 is 23.8 Å². The van der Waals surface area contributed by atoms with Crippen molar-refractivity contribution in [1.82, 2.24) is 10.4 Å². The number of ether oxygens (including phenoxy) is 1. The van der Waals surface area contributed by atoms with E-state index in [1.807, 2.05) is 0 Å². The van der Waals surface area contributed by atoms with Gasteiger partial charge >= 0.3 is 0 Å². The number of amides is 3.